The number of rotatable bonds is 7. The summed E-state index contributed by atoms with van der Waals surface area (Å²) in [4.78, 5) is 13.5. The lowest BCUT2D eigenvalue weighted by Gasteiger charge is -2.16. The Morgan fingerprint density at radius 1 is 1.47 bits per heavy atom. The van der Waals surface area contributed by atoms with Gasteiger partial charge in [-0.15, -0.1) is 0 Å². The molecular formula is C14H21FN2O2. The molecule has 0 unspecified atom stereocenters. The first-order chi connectivity index (χ1) is 9.08. The lowest BCUT2D eigenvalue weighted by molar-refractivity contribution is -0.129. The van der Waals surface area contributed by atoms with E-state index < -0.39 is 5.82 Å². The standard InChI is InChI=1S/C14H21FN2O2/c1-16-8-9-17(2)14(18)7-5-11-4-6-13(19-3)12(15)10-11/h4,6,10,16H,5,7-9H2,1-3H3. The van der Waals surface area contributed by atoms with Crippen molar-refractivity contribution in [1.29, 1.82) is 0 Å². The second-order valence-corrected chi connectivity index (χ2v) is 4.39. The van der Waals surface area contributed by atoms with Gasteiger partial charge in [0, 0.05) is 26.6 Å². The minimum Gasteiger partial charge on any atom is -0.494 e. The molecule has 1 aromatic rings. The maximum Gasteiger partial charge on any atom is 0.222 e. The molecule has 0 atom stereocenters. The van der Waals surface area contributed by atoms with Crippen molar-refractivity contribution in [3.63, 3.8) is 0 Å². The van der Waals surface area contributed by atoms with Crippen LogP contribution in [0.25, 0.3) is 0 Å². The zero-order valence-corrected chi connectivity index (χ0v) is 11.7. The lowest BCUT2D eigenvalue weighted by atomic mass is 10.1. The van der Waals surface area contributed by atoms with Crippen LogP contribution in [0.2, 0.25) is 0 Å². The maximum absolute atomic E-state index is 13.5. The van der Waals surface area contributed by atoms with Crippen molar-refractivity contribution in [3.8, 4) is 5.75 Å². The van der Waals surface area contributed by atoms with Crippen LogP contribution in [0.15, 0.2) is 18.2 Å². The van der Waals surface area contributed by atoms with E-state index in [2.05, 4.69) is 5.32 Å². The molecule has 4 nitrogen and oxygen atoms in total. The van der Waals surface area contributed by atoms with Gasteiger partial charge in [0.15, 0.2) is 11.6 Å². The van der Waals surface area contributed by atoms with Crippen LogP contribution in [0.3, 0.4) is 0 Å². The molecular weight excluding hydrogens is 247 g/mol. The quantitative estimate of drug-likeness (QED) is 0.813. The van der Waals surface area contributed by atoms with Crippen LogP contribution < -0.4 is 10.1 Å². The molecule has 0 aliphatic carbocycles. The van der Waals surface area contributed by atoms with Gasteiger partial charge in [0.1, 0.15) is 0 Å². The molecule has 0 fully saturated rings. The highest BCUT2D eigenvalue weighted by molar-refractivity contribution is 5.76. The number of carbonyl (C=O) groups excluding carboxylic acids is 1. The molecule has 0 heterocycles. The van der Waals surface area contributed by atoms with E-state index in [1.807, 2.05) is 7.05 Å². The summed E-state index contributed by atoms with van der Waals surface area (Å²) in [5.74, 6) is -0.108. The number of carbonyl (C=O) groups is 1. The third-order valence-corrected chi connectivity index (χ3v) is 2.97. The summed E-state index contributed by atoms with van der Waals surface area (Å²) in [6.45, 7) is 1.44. The highest BCUT2D eigenvalue weighted by Gasteiger charge is 2.09. The van der Waals surface area contributed by atoms with E-state index in [1.54, 1.807) is 24.1 Å². The van der Waals surface area contributed by atoms with Crippen molar-refractivity contribution in [2.45, 2.75) is 12.8 Å². The number of amides is 1. The Hall–Kier alpha value is -1.62. The summed E-state index contributed by atoms with van der Waals surface area (Å²) in [5.41, 5.74) is 0.800. The molecule has 0 aliphatic rings. The Labute approximate surface area is 113 Å². The van der Waals surface area contributed by atoms with Crippen molar-refractivity contribution in [2.24, 2.45) is 0 Å². The number of nitrogens with one attached hydrogen (secondary N) is 1. The number of hydrogen-bond acceptors (Lipinski definition) is 3. The molecule has 0 saturated carbocycles. The summed E-state index contributed by atoms with van der Waals surface area (Å²) < 4.78 is 18.3. The van der Waals surface area contributed by atoms with Crippen LogP contribution in [0.4, 0.5) is 4.39 Å². The number of nitrogens with zero attached hydrogens (tertiary/aromatic N) is 1. The lowest BCUT2D eigenvalue weighted by Crippen LogP contribution is -2.32. The van der Waals surface area contributed by atoms with Crippen molar-refractivity contribution in [3.05, 3.63) is 29.6 Å². The second kappa shape index (κ2) is 7.74. The third-order valence-electron chi connectivity index (χ3n) is 2.97. The van der Waals surface area contributed by atoms with Crippen LogP contribution in [0.1, 0.15) is 12.0 Å². The first-order valence-electron chi connectivity index (χ1n) is 6.29. The fraction of sp³-hybridized carbons (Fsp3) is 0.500. The van der Waals surface area contributed by atoms with Gasteiger partial charge in [0.2, 0.25) is 5.91 Å². The largest absolute Gasteiger partial charge is 0.494 e. The monoisotopic (exact) mass is 268 g/mol. The van der Waals surface area contributed by atoms with Gasteiger partial charge >= 0.3 is 0 Å². The Morgan fingerprint density at radius 2 is 2.21 bits per heavy atom. The molecule has 1 rings (SSSR count). The summed E-state index contributed by atoms with van der Waals surface area (Å²) in [5, 5.41) is 2.99. The topological polar surface area (TPSA) is 41.6 Å². The van der Waals surface area contributed by atoms with Crippen LogP contribution in [-0.4, -0.2) is 45.1 Å². The highest BCUT2D eigenvalue weighted by Crippen LogP contribution is 2.18. The minimum atomic E-state index is -0.393. The predicted octanol–water partition coefficient (Wildman–Crippen LogP) is 1.44. The smallest absolute Gasteiger partial charge is 0.222 e. The number of hydrogen-bond donors (Lipinski definition) is 1. The van der Waals surface area contributed by atoms with Crippen molar-refractivity contribution >= 4 is 5.91 Å². The van der Waals surface area contributed by atoms with Gasteiger partial charge in [-0.2, -0.15) is 0 Å². The number of halogens is 1. The fourth-order valence-corrected chi connectivity index (χ4v) is 1.71. The molecule has 0 radical (unpaired) electrons. The molecule has 0 aromatic heterocycles. The first kappa shape index (κ1) is 15.4. The number of ether oxygens (including phenoxy) is 1. The van der Waals surface area contributed by atoms with E-state index >= 15 is 0 Å². The summed E-state index contributed by atoms with van der Waals surface area (Å²) in [7, 11) is 5.05. The molecule has 106 valence electrons. The Kier molecular flexibility index (Phi) is 6.29. The molecule has 0 saturated heterocycles. The molecule has 0 bridgehead atoms. The number of benzene rings is 1. The average Bonchev–Trinajstić information content (AvgIpc) is 2.42. The molecule has 5 heteroatoms. The zero-order chi connectivity index (χ0) is 14.3. The maximum atomic E-state index is 13.5. The number of aryl methyl sites for hydroxylation is 1. The first-order valence-corrected chi connectivity index (χ1v) is 6.29. The predicted molar refractivity (Wildman–Crippen MR) is 72.8 cm³/mol. The molecule has 1 N–H and O–H groups in total. The van der Waals surface area contributed by atoms with E-state index in [0.29, 0.717) is 19.4 Å². The molecule has 1 amide bonds. The van der Waals surface area contributed by atoms with E-state index in [9.17, 15) is 9.18 Å². The van der Waals surface area contributed by atoms with E-state index in [-0.39, 0.29) is 11.7 Å². The SMILES string of the molecule is CNCCN(C)C(=O)CCc1ccc(OC)c(F)c1. The minimum absolute atomic E-state index is 0.0616. The van der Waals surface area contributed by atoms with E-state index in [1.165, 1.54) is 13.2 Å². The van der Waals surface area contributed by atoms with Gasteiger partial charge in [-0.1, -0.05) is 6.07 Å². The van der Waals surface area contributed by atoms with Gasteiger partial charge in [-0.3, -0.25) is 4.79 Å². The molecule has 1 aromatic carbocycles. The van der Waals surface area contributed by atoms with Crippen molar-refractivity contribution in [2.75, 3.05) is 34.3 Å². The van der Waals surface area contributed by atoms with E-state index in [0.717, 1.165) is 12.1 Å². The van der Waals surface area contributed by atoms with Crippen LogP contribution in [0.5, 0.6) is 5.75 Å². The van der Waals surface area contributed by atoms with Crippen LogP contribution >= 0.6 is 0 Å². The van der Waals surface area contributed by atoms with Gasteiger partial charge in [0.05, 0.1) is 7.11 Å². The average molecular weight is 268 g/mol. The number of likely N-dealkylation sites (N-methyl/N-ethyl adjacent to an activating group) is 2. The summed E-state index contributed by atoms with van der Waals surface area (Å²) >= 11 is 0. The summed E-state index contributed by atoms with van der Waals surface area (Å²) in [6, 6.07) is 4.78. The van der Waals surface area contributed by atoms with Crippen molar-refractivity contribution < 1.29 is 13.9 Å². The Bertz CT molecular complexity index is 424. The van der Waals surface area contributed by atoms with E-state index in [4.69, 9.17) is 4.74 Å². The van der Waals surface area contributed by atoms with Gasteiger partial charge in [-0.25, -0.2) is 4.39 Å². The van der Waals surface area contributed by atoms with Gasteiger partial charge < -0.3 is 15.0 Å². The van der Waals surface area contributed by atoms with Gasteiger partial charge in [-0.05, 0) is 31.2 Å². The summed E-state index contributed by atoms with van der Waals surface area (Å²) in [6.07, 6.45) is 0.912. The van der Waals surface area contributed by atoms with Gasteiger partial charge in [0.25, 0.3) is 0 Å². The highest BCUT2D eigenvalue weighted by atomic mass is 19.1. The van der Waals surface area contributed by atoms with Crippen LogP contribution in [-0.2, 0) is 11.2 Å². The fourth-order valence-electron chi connectivity index (χ4n) is 1.71. The number of methoxy groups -OCH3 is 1. The molecule has 0 aliphatic heterocycles. The normalized spacial score (nSPS) is 10.3. The molecule has 0 spiro atoms. The molecule has 19 heavy (non-hydrogen) atoms. The third kappa shape index (κ3) is 4.87. The Morgan fingerprint density at radius 3 is 2.79 bits per heavy atom. The zero-order valence-electron chi connectivity index (χ0n) is 11.7. The Balaban J connectivity index is 2.48. The van der Waals surface area contributed by atoms with Crippen LogP contribution in [0, 0.1) is 5.82 Å². The van der Waals surface area contributed by atoms with Crippen molar-refractivity contribution in [1.82, 2.24) is 10.2 Å². The second-order valence-electron chi connectivity index (χ2n) is 4.39.